The number of likely N-dealkylation sites (tertiary alicyclic amines) is 1. The second-order valence-electron chi connectivity index (χ2n) is 6.76. The molecule has 1 aliphatic rings. The maximum atomic E-state index is 12.6. The zero-order valence-corrected chi connectivity index (χ0v) is 15.9. The number of aliphatic carboxylic acids is 1. The van der Waals surface area contributed by atoms with Crippen molar-refractivity contribution in [3.05, 3.63) is 22.7 Å². The van der Waals surface area contributed by atoms with Crippen LogP contribution in [0, 0.1) is 5.92 Å². The van der Waals surface area contributed by atoms with Crippen molar-refractivity contribution in [1.82, 2.24) is 19.8 Å². The van der Waals surface area contributed by atoms with E-state index in [1.165, 1.54) is 23.0 Å². The molecule has 2 rings (SSSR count). The fourth-order valence-corrected chi connectivity index (χ4v) is 2.94. The Morgan fingerprint density at radius 1 is 1.42 bits per heavy atom. The van der Waals surface area contributed by atoms with Crippen LogP contribution in [0.1, 0.15) is 48.9 Å². The minimum absolute atomic E-state index is 0.0343. The summed E-state index contributed by atoms with van der Waals surface area (Å²) >= 11 is 6.05. The Morgan fingerprint density at radius 3 is 2.73 bits per heavy atom. The van der Waals surface area contributed by atoms with E-state index in [9.17, 15) is 14.4 Å². The van der Waals surface area contributed by atoms with E-state index in [4.69, 9.17) is 16.7 Å². The number of carbonyl (C=O) groups excluding carboxylic acids is 2. The second-order valence-corrected chi connectivity index (χ2v) is 7.17. The van der Waals surface area contributed by atoms with E-state index in [1.807, 2.05) is 13.8 Å². The molecule has 142 valence electrons. The predicted octanol–water partition coefficient (Wildman–Crippen LogP) is 1.65. The summed E-state index contributed by atoms with van der Waals surface area (Å²) < 4.78 is 0. The number of aromatic nitrogens is 2. The Labute approximate surface area is 157 Å². The van der Waals surface area contributed by atoms with Gasteiger partial charge in [0.1, 0.15) is 5.82 Å². The second kappa shape index (κ2) is 8.44. The zero-order valence-electron chi connectivity index (χ0n) is 15.1. The minimum Gasteiger partial charge on any atom is -0.481 e. The molecule has 0 saturated carbocycles. The molecule has 26 heavy (non-hydrogen) atoms. The van der Waals surface area contributed by atoms with E-state index >= 15 is 0 Å². The molecule has 0 aliphatic carbocycles. The standard InChI is InChI=1S/C17H23ClN4O4/c1-10(2)15-19-7-12(18)14(20-15)16(24)21(3)9-13(23)22-6-4-5-11(8-22)17(25)26/h7,10-11H,4-6,8-9H2,1-3H3,(H,25,26). The molecule has 0 spiro atoms. The lowest BCUT2D eigenvalue weighted by molar-refractivity contribution is -0.145. The molecule has 1 aromatic rings. The number of nitrogens with zero attached hydrogens (tertiary/aromatic N) is 4. The molecule has 1 aliphatic heterocycles. The molecule has 1 fully saturated rings. The number of likely N-dealkylation sites (N-methyl/N-ethyl adjacent to an activating group) is 1. The Hall–Kier alpha value is -2.22. The van der Waals surface area contributed by atoms with Crippen LogP contribution in [0.2, 0.25) is 5.02 Å². The van der Waals surface area contributed by atoms with Crippen molar-refractivity contribution in [1.29, 1.82) is 0 Å². The van der Waals surface area contributed by atoms with Gasteiger partial charge in [0, 0.05) is 26.1 Å². The van der Waals surface area contributed by atoms with Crippen molar-refractivity contribution in [3.63, 3.8) is 0 Å². The van der Waals surface area contributed by atoms with Gasteiger partial charge in [-0.2, -0.15) is 0 Å². The van der Waals surface area contributed by atoms with Crippen molar-refractivity contribution in [2.24, 2.45) is 5.92 Å². The van der Waals surface area contributed by atoms with Gasteiger partial charge in [-0.05, 0) is 12.8 Å². The average molecular weight is 383 g/mol. The number of amides is 2. The smallest absolute Gasteiger partial charge is 0.308 e. The lowest BCUT2D eigenvalue weighted by Crippen LogP contribution is -2.47. The Kier molecular flexibility index (Phi) is 6.52. The van der Waals surface area contributed by atoms with Gasteiger partial charge >= 0.3 is 5.97 Å². The summed E-state index contributed by atoms with van der Waals surface area (Å²) in [4.78, 5) is 47.2. The SMILES string of the molecule is CC(C)c1ncc(Cl)c(C(=O)N(C)CC(=O)N2CCCC(C(=O)O)C2)n1. The first-order valence-electron chi connectivity index (χ1n) is 8.49. The number of hydrogen-bond donors (Lipinski definition) is 1. The van der Waals surface area contributed by atoms with Gasteiger partial charge in [0.05, 0.1) is 23.7 Å². The van der Waals surface area contributed by atoms with E-state index in [0.717, 1.165) is 0 Å². The fourth-order valence-electron chi connectivity index (χ4n) is 2.77. The lowest BCUT2D eigenvalue weighted by atomic mass is 9.98. The van der Waals surface area contributed by atoms with Crippen LogP contribution in [0.5, 0.6) is 0 Å². The molecule has 1 saturated heterocycles. The molecule has 2 heterocycles. The number of piperidine rings is 1. The lowest BCUT2D eigenvalue weighted by Gasteiger charge is -2.32. The van der Waals surface area contributed by atoms with Gasteiger partial charge in [0.2, 0.25) is 5.91 Å². The van der Waals surface area contributed by atoms with Gasteiger partial charge in [-0.25, -0.2) is 9.97 Å². The van der Waals surface area contributed by atoms with Crippen LogP contribution in [0.3, 0.4) is 0 Å². The summed E-state index contributed by atoms with van der Waals surface area (Å²) in [6, 6.07) is 0. The average Bonchev–Trinajstić information content (AvgIpc) is 2.61. The van der Waals surface area contributed by atoms with Gasteiger partial charge in [0.25, 0.3) is 5.91 Å². The predicted molar refractivity (Wildman–Crippen MR) is 95.0 cm³/mol. The molecule has 1 aromatic heterocycles. The summed E-state index contributed by atoms with van der Waals surface area (Å²) in [7, 11) is 1.49. The topological polar surface area (TPSA) is 104 Å². The highest BCUT2D eigenvalue weighted by Gasteiger charge is 2.29. The van der Waals surface area contributed by atoms with Gasteiger partial charge < -0.3 is 14.9 Å². The number of carbonyl (C=O) groups is 3. The highest BCUT2D eigenvalue weighted by atomic mass is 35.5. The van der Waals surface area contributed by atoms with Crippen molar-refractivity contribution >= 4 is 29.4 Å². The minimum atomic E-state index is -0.902. The first-order chi connectivity index (χ1) is 12.2. The maximum Gasteiger partial charge on any atom is 0.308 e. The normalized spacial score (nSPS) is 17.3. The molecule has 0 radical (unpaired) electrons. The number of hydrogen-bond acceptors (Lipinski definition) is 5. The zero-order chi connectivity index (χ0) is 19.4. The van der Waals surface area contributed by atoms with Crippen LogP contribution >= 0.6 is 11.6 Å². The van der Waals surface area contributed by atoms with E-state index in [1.54, 1.807) is 0 Å². The fraction of sp³-hybridized carbons (Fsp3) is 0.588. The van der Waals surface area contributed by atoms with Crippen LogP contribution in [-0.2, 0) is 9.59 Å². The van der Waals surface area contributed by atoms with Gasteiger partial charge in [-0.1, -0.05) is 25.4 Å². The first kappa shape index (κ1) is 20.1. The van der Waals surface area contributed by atoms with Gasteiger partial charge in [-0.3, -0.25) is 14.4 Å². The number of halogens is 1. The van der Waals surface area contributed by atoms with E-state index in [2.05, 4.69) is 9.97 Å². The van der Waals surface area contributed by atoms with E-state index < -0.39 is 17.8 Å². The molecule has 0 bridgehead atoms. The number of carboxylic acids is 1. The summed E-state index contributed by atoms with van der Waals surface area (Å²) in [5.74, 6) is -1.69. The van der Waals surface area contributed by atoms with Crippen LogP contribution < -0.4 is 0 Å². The summed E-state index contributed by atoms with van der Waals surface area (Å²) in [6.07, 6.45) is 2.58. The van der Waals surface area contributed by atoms with Crippen molar-refractivity contribution in [3.8, 4) is 0 Å². The monoisotopic (exact) mass is 382 g/mol. The van der Waals surface area contributed by atoms with Crippen LogP contribution in [0.4, 0.5) is 0 Å². The Morgan fingerprint density at radius 2 is 2.12 bits per heavy atom. The molecule has 9 heteroatoms. The Bertz CT molecular complexity index is 710. The molecule has 1 atom stereocenters. The van der Waals surface area contributed by atoms with E-state index in [0.29, 0.717) is 25.2 Å². The first-order valence-corrected chi connectivity index (χ1v) is 8.87. The highest BCUT2D eigenvalue weighted by molar-refractivity contribution is 6.33. The third-order valence-electron chi connectivity index (χ3n) is 4.32. The molecule has 1 N–H and O–H groups in total. The van der Waals surface area contributed by atoms with Gasteiger partial charge in [-0.15, -0.1) is 0 Å². The molecular weight excluding hydrogens is 360 g/mol. The van der Waals surface area contributed by atoms with Crippen LogP contribution in [-0.4, -0.2) is 69.3 Å². The highest BCUT2D eigenvalue weighted by Crippen LogP contribution is 2.19. The molecule has 0 aromatic carbocycles. The van der Waals surface area contributed by atoms with Crippen LogP contribution in [0.15, 0.2) is 6.20 Å². The molecular formula is C17H23ClN4O4. The van der Waals surface area contributed by atoms with Crippen molar-refractivity contribution in [2.75, 3.05) is 26.7 Å². The molecule has 8 nitrogen and oxygen atoms in total. The summed E-state index contributed by atoms with van der Waals surface area (Å²) in [5, 5.41) is 9.25. The molecule has 2 amide bonds. The Balaban J connectivity index is 2.06. The number of carboxylic acid groups (broad SMARTS) is 1. The summed E-state index contributed by atoms with van der Waals surface area (Å²) in [5.41, 5.74) is 0.0581. The third-order valence-corrected chi connectivity index (χ3v) is 4.60. The van der Waals surface area contributed by atoms with Gasteiger partial charge in [0.15, 0.2) is 5.69 Å². The molecule has 1 unspecified atom stereocenters. The van der Waals surface area contributed by atoms with Crippen molar-refractivity contribution < 1.29 is 19.5 Å². The van der Waals surface area contributed by atoms with Crippen molar-refractivity contribution in [2.45, 2.75) is 32.6 Å². The maximum absolute atomic E-state index is 12.6. The van der Waals surface area contributed by atoms with Crippen LogP contribution in [0.25, 0.3) is 0 Å². The quantitative estimate of drug-likeness (QED) is 0.830. The third kappa shape index (κ3) is 4.69. The summed E-state index contributed by atoms with van der Waals surface area (Å²) in [6.45, 7) is 4.31. The number of rotatable bonds is 5. The largest absolute Gasteiger partial charge is 0.481 e. The van der Waals surface area contributed by atoms with E-state index in [-0.39, 0.29) is 35.6 Å².